The topological polar surface area (TPSA) is 49.3 Å². The molecule has 0 saturated heterocycles. The van der Waals surface area contributed by atoms with Crippen LogP contribution in [0.25, 0.3) is 10.8 Å². The minimum atomic E-state index is -0.245. The van der Waals surface area contributed by atoms with E-state index in [-0.39, 0.29) is 11.7 Å². The van der Waals surface area contributed by atoms with Gasteiger partial charge in [-0.15, -0.1) is 0 Å². The van der Waals surface area contributed by atoms with Crippen molar-refractivity contribution in [1.29, 1.82) is 0 Å². The minimum absolute atomic E-state index is 0.0182. The molecule has 0 aliphatic rings. The molecule has 0 fully saturated rings. The summed E-state index contributed by atoms with van der Waals surface area (Å²) in [6, 6.07) is 10.9. The molecule has 0 aliphatic heterocycles. The molecule has 2 aromatic carbocycles. The predicted octanol–water partition coefficient (Wildman–Crippen LogP) is 4.43. The van der Waals surface area contributed by atoms with Crippen LogP contribution in [0.4, 0.5) is 0 Å². The van der Waals surface area contributed by atoms with E-state index in [2.05, 4.69) is 5.32 Å². The summed E-state index contributed by atoms with van der Waals surface area (Å²) in [6.45, 7) is 6.39. The fraction of sp³-hybridized carbons (Fsp3) is 0.211. The highest BCUT2D eigenvalue weighted by Crippen LogP contribution is 2.24. The van der Waals surface area contributed by atoms with E-state index in [1.807, 2.05) is 69.3 Å². The fourth-order valence-electron chi connectivity index (χ4n) is 1.89. The molecule has 0 aromatic heterocycles. The van der Waals surface area contributed by atoms with Crippen LogP contribution in [0.2, 0.25) is 0 Å². The van der Waals surface area contributed by atoms with E-state index in [9.17, 15) is 9.90 Å². The van der Waals surface area contributed by atoms with Crippen molar-refractivity contribution < 1.29 is 9.90 Å². The van der Waals surface area contributed by atoms with Gasteiger partial charge in [0.25, 0.3) is 5.91 Å². The lowest BCUT2D eigenvalue weighted by Crippen LogP contribution is -2.22. The Hall–Kier alpha value is -2.55. The smallest absolute Gasteiger partial charge is 0.255 e. The summed E-state index contributed by atoms with van der Waals surface area (Å²) in [5.41, 5.74) is 0.320. The summed E-state index contributed by atoms with van der Waals surface area (Å²) >= 11 is 0. The van der Waals surface area contributed by atoms with Crippen molar-refractivity contribution in [1.82, 2.24) is 5.32 Å². The second-order valence-electron chi connectivity index (χ2n) is 4.63. The van der Waals surface area contributed by atoms with E-state index in [4.69, 9.17) is 0 Å². The number of hydrogen-bond donors (Lipinski definition) is 2. The molecule has 2 N–H and O–H groups in total. The van der Waals surface area contributed by atoms with Crippen LogP contribution in [0.3, 0.4) is 0 Å². The first kappa shape index (κ1) is 17.5. The molecule has 0 unspecified atom stereocenters. The fourth-order valence-corrected chi connectivity index (χ4v) is 1.89. The number of benzene rings is 2. The maximum Gasteiger partial charge on any atom is 0.255 e. The van der Waals surface area contributed by atoms with Crippen LogP contribution in [0.15, 0.2) is 60.7 Å². The molecule has 1 amide bonds. The van der Waals surface area contributed by atoms with E-state index >= 15 is 0 Å². The third-order valence-corrected chi connectivity index (χ3v) is 2.94. The van der Waals surface area contributed by atoms with Crippen molar-refractivity contribution >= 4 is 16.7 Å². The largest absolute Gasteiger partial charge is 0.507 e. The summed E-state index contributed by atoms with van der Waals surface area (Å²) in [5.74, 6) is -0.226. The van der Waals surface area contributed by atoms with Gasteiger partial charge in [-0.1, -0.05) is 48.6 Å². The van der Waals surface area contributed by atoms with Crippen LogP contribution in [0, 0.1) is 0 Å². The molecule has 3 nitrogen and oxygen atoms in total. The minimum Gasteiger partial charge on any atom is -0.507 e. The number of fused-ring (bicyclic) bond motifs is 1. The molecule has 2 rings (SSSR count). The zero-order chi connectivity index (χ0) is 16.4. The van der Waals surface area contributed by atoms with Crippen molar-refractivity contribution in [3.05, 3.63) is 66.3 Å². The third kappa shape index (κ3) is 5.09. The van der Waals surface area contributed by atoms with Gasteiger partial charge in [-0.25, -0.2) is 0 Å². The second-order valence-corrected chi connectivity index (χ2v) is 4.63. The molecule has 0 aliphatic carbocycles. The molecule has 0 saturated carbocycles. The standard InChI is InChI=1S/C13H13NO2.C6H10/c1-2-14-13(16)11-7-9-5-3-4-6-10(9)8-12(11)15;1-3-5-6-4-2/h3-8,15H,2H2,1H3,(H,14,16);3-6H,1-2H3/b;5-3-,6-4-. The van der Waals surface area contributed by atoms with Gasteiger partial charge in [0.1, 0.15) is 5.75 Å². The lowest BCUT2D eigenvalue weighted by atomic mass is 10.1. The molecule has 22 heavy (non-hydrogen) atoms. The van der Waals surface area contributed by atoms with Gasteiger partial charge in [-0.2, -0.15) is 0 Å². The van der Waals surface area contributed by atoms with Gasteiger partial charge >= 0.3 is 0 Å². The third-order valence-electron chi connectivity index (χ3n) is 2.94. The van der Waals surface area contributed by atoms with E-state index < -0.39 is 0 Å². The molecule has 0 heterocycles. The quantitative estimate of drug-likeness (QED) is 0.823. The van der Waals surface area contributed by atoms with E-state index in [0.717, 1.165) is 10.8 Å². The summed E-state index contributed by atoms with van der Waals surface area (Å²) < 4.78 is 0. The number of amides is 1. The molecular formula is C19H23NO2. The first-order chi connectivity index (χ1) is 10.6. The van der Waals surface area contributed by atoms with E-state index in [0.29, 0.717) is 12.1 Å². The molecule has 116 valence electrons. The van der Waals surface area contributed by atoms with Crippen LogP contribution in [-0.2, 0) is 0 Å². The predicted molar refractivity (Wildman–Crippen MR) is 93.2 cm³/mol. The van der Waals surface area contributed by atoms with Gasteiger partial charge in [0.2, 0.25) is 0 Å². The summed E-state index contributed by atoms with van der Waals surface area (Å²) in [4.78, 5) is 11.6. The van der Waals surface area contributed by atoms with Crippen molar-refractivity contribution in [2.75, 3.05) is 6.54 Å². The molecule has 0 spiro atoms. The van der Waals surface area contributed by atoms with E-state index in [1.165, 1.54) is 0 Å². The number of phenolic OH excluding ortho intramolecular Hbond substituents is 1. The van der Waals surface area contributed by atoms with Gasteiger partial charge in [0.15, 0.2) is 0 Å². The van der Waals surface area contributed by atoms with Crippen molar-refractivity contribution in [3.63, 3.8) is 0 Å². The van der Waals surface area contributed by atoms with Crippen LogP contribution >= 0.6 is 0 Å². The average molecular weight is 297 g/mol. The normalized spacial score (nSPS) is 10.7. The monoisotopic (exact) mass is 297 g/mol. The number of aromatic hydroxyl groups is 1. The highest BCUT2D eigenvalue weighted by molar-refractivity contribution is 6.01. The first-order valence-corrected chi connectivity index (χ1v) is 7.38. The maximum atomic E-state index is 11.6. The number of carbonyl (C=O) groups is 1. The lowest BCUT2D eigenvalue weighted by molar-refractivity contribution is 0.0953. The SMILES string of the molecule is C/C=C\C=C/C.CCNC(=O)c1cc2ccccc2cc1O. The Kier molecular flexibility index (Phi) is 7.48. The number of allylic oxidation sites excluding steroid dienone is 4. The molecule has 2 aromatic rings. The highest BCUT2D eigenvalue weighted by atomic mass is 16.3. The van der Waals surface area contributed by atoms with Crippen LogP contribution < -0.4 is 5.32 Å². The second kappa shape index (κ2) is 9.40. The van der Waals surface area contributed by atoms with Crippen molar-refractivity contribution in [3.8, 4) is 5.75 Å². The van der Waals surface area contributed by atoms with Crippen LogP contribution in [0.1, 0.15) is 31.1 Å². The van der Waals surface area contributed by atoms with Gasteiger partial charge in [0, 0.05) is 6.54 Å². The summed E-state index contributed by atoms with van der Waals surface area (Å²) in [6.07, 6.45) is 8.00. The lowest BCUT2D eigenvalue weighted by Gasteiger charge is -2.06. The molecule has 0 radical (unpaired) electrons. The number of hydrogen-bond acceptors (Lipinski definition) is 2. The zero-order valence-corrected chi connectivity index (χ0v) is 13.3. The maximum absolute atomic E-state index is 11.6. The van der Waals surface area contributed by atoms with Crippen molar-refractivity contribution in [2.24, 2.45) is 0 Å². The Morgan fingerprint density at radius 1 is 1.09 bits per heavy atom. The number of phenols is 1. The van der Waals surface area contributed by atoms with Crippen LogP contribution in [0.5, 0.6) is 5.75 Å². The van der Waals surface area contributed by atoms with Crippen LogP contribution in [-0.4, -0.2) is 17.6 Å². The molecule has 3 heteroatoms. The van der Waals surface area contributed by atoms with E-state index in [1.54, 1.807) is 12.1 Å². The molecular weight excluding hydrogens is 274 g/mol. The van der Waals surface area contributed by atoms with Gasteiger partial charge in [-0.05, 0) is 43.7 Å². The zero-order valence-electron chi connectivity index (χ0n) is 13.3. The Balaban J connectivity index is 0.000000346. The van der Waals surface area contributed by atoms with Gasteiger partial charge < -0.3 is 10.4 Å². The van der Waals surface area contributed by atoms with Crippen molar-refractivity contribution in [2.45, 2.75) is 20.8 Å². The Bertz CT molecular complexity index is 662. The Morgan fingerprint density at radius 2 is 1.64 bits per heavy atom. The molecule has 0 bridgehead atoms. The molecule has 0 atom stereocenters. The van der Waals surface area contributed by atoms with Gasteiger partial charge in [-0.3, -0.25) is 4.79 Å². The summed E-state index contributed by atoms with van der Waals surface area (Å²) in [5, 5.41) is 14.3. The number of carbonyl (C=O) groups excluding carboxylic acids is 1. The average Bonchev–Trinajstić information content (AvgIpc) is 2.53. The summed E-state index contributed by atoms with van der Waals surface area (Å²) in [7, 11) is 0. The number of nitrogens with one attached hydrogen (secondary N) is 1. The van der Waals surface area contributed by atoms with Gasteiger partial charge in [0.05, 0.1) is 5.56 Å². The number of rotatable bonds is 3. The first-order valence-electron chi connectivity index (χ1n) is 7.38. The Morgan fingerprint density at radius 3 is 2.14 bits per heavy atom. The highest BCUT2D eigenvalue weighted by Gasteiger charge is 2.10. The Labute approximate surface area is 132 Å².